The van der Waals surface area contributed by atoms with E-state index in [0.717, 1.165) is 5.92 Å². The first-order valence-corrected chi connectivity index (χ1v) is 6.07. The number of hydrogen-bond donors (Lipinski definition) is 1. The summed E-state index contributed by atoms with van der Waals surface area (Å²) in [7, 11) is 0. The average molecular weight is 193 g/mol. The molecule has 3 rings (SSSR count). The zero-order chi connectivity index (χ0) is 10.4. The molecule has 0 unspecified atom stereocenters. The maximum absolute atomic E-state index is 6.47. The van der Waals surface area contributed by atoms with Crippen LogP contribution >= 0.6 is 0 Å². The van der Waals surface area contributed by atoms with Gasteiger partial charge in [-0.15, -0.1) is 0 Å². The summed E-state index contributed by atoms with van der Waals surface area (Å²) in [5.41, 5.74) is 8.33. The first-order valence-electron chi connectivity index (χ1n) is 6.07. The molecule has 0 heterocycles. The lowest BCUT2D eigenvalue weighted by atomic mass is 9.84. The van der Waals surface area contributed by atoms with Crippen LogP contribution in [0.25, 0.3) is 0 Å². The van der Waals surface area contributed by atoms with Gasteiger partial charge in [0.25, 0.3) is 0 Å². The van der Waals surface area contributed by atoms with Crippen LogP contribution < -0.4 is 5.73 Å². The van der Waals surface area contributed by atoms with Crippen molar-refractivity contribution in [3.8, 4) is 0 Å². The van der Waals surface area contributed by atoms with Gasteiger partial charge in [0.1, 0.15) is 0 Å². The van der Waals surface area contributed by atoms with Gasteiger partial charge in [-0.2, -0.15) is 0 Å². The summed E-state index contributed by atoms with van der Waals surface area (Å²) >= 11 is 0. The summed E-state index contributed by atoms with van der Waals surface area (Å²) in [6.07, 6.45) is 5.38. The quantitative estimate of drug-likeness (QED) is 0.717. The molecule has 3 aliphatic rings. The summed E-state index contributed by atoms with van der Waals surface area (Å²) in [5.74, 6) is 0.884. The van der Waals surface area contributed by atoms with Crippen LogP contribution in [0.5, 0.6) is 0 Å². The molecule has 0 bridgehead atoms. The van der Waals surface area contributed by atoms with Crippen molar-refractivity contribution < 1.29 is 0 Å². The molecule has 0 aromatic heterocycles. The van der Waals surface area contributed by atoms with E-state index in [0.29, 0.717) is 16.2 Å². The number of hydrogen-bond acceptors (Lipinski definition) is 1. The fraction of sp³-hybridized carbons (Fsp3) is 1.00. The van der Waals surface area contributed by atoms with Gasteiger partial charge in [-0.1, -0.05) is 27.7 Å². The Morgan fingerprint density at radius 3 is 1.50 bits per heavy atom. The molecule has 3 aliphatic carbocycles. The van der Waals surface area contributed by atoms with Gasteiger partial charge in [-0.05, 0) is 47.8 Å². The maximum Gasteiger partial charge on any atom is 0.0215 e. The summed E-state index contributed by atoms with van der Waals surface area (Å²) < 4.78 is 0. The molecule has 3 saturated carbocycles. The third-order valence-electron chi connectivity index (χ3n) is 6.14. The Morgan fingerprint density at radius 1 is 0.857 bits per heavy atom. The zero-order valence-electron chi connectivity index (χ0n) is 9.98. The van der Waals surface area contributed by atoms with E-state index in [1.165, 1.54) is 25.7 Å². The van der Waals surface area contributed by atoms with Gasteiger partial charge in [0, 0.05) is 5.54 Å². The van der Waals surface area contributed by atoms with E-state index in [-0.39, 0.29) is 5.54 Å². The highest BCUT2D eigenvalue weighted by atomic mass is 15.0. The molecule has 0 aromatic rings. The van der Waals surface area contributed by atoms with Crippen LogP contribution in [0, 0.1) is 22.2 Å². The van der Waals surface area contributed by atoms with Crippen LogP contribution in [0.2, 0.25) is 0 Å². The van der Waals surface area contributed by atoms with E-state index in [2.05, 4.69) is 27.7 Å². The molecular formula is C13H23N. The van der Waals surface area contributed by atoms with Gasteiger partial charge in [-0.25, -0.2) is 0 Å². The minimum absolute atomic E-state index is 0.253. The zero-order valence-corrected chi connectivity index (χ0v) is 9.98. The smallest absolute Gasteiger partial charge is 0.0215 e. The van der Waals surface area contributed by atoms with Crippen LogP contribution in [0.1, 0.15) is 53.4 Å². The maximum atomic E-state index is 6.47. The Labute approximate surface area is 87.4 Å². The van der Waals surface area contributed by atoms with Crippen LogP contribution in [0.4, 0.5) is 0 Å². The molecule has 0 aromatic carbocycles. The number of nitrogens with two attached hydrogens (primary N) is 1. The summed E-state index contributed by atoms with van der Waals surface area (Å²) in [6, 6.07) is 0. The molecule has 2 N–H and O–H groups in total. The molecule has 1 heteroatoms. The first-order chi connectivity index (χ1) is 6.28. The van der Waals surface area contributed by atoms with E-state index < -0.39 is 0 Å². The van der Waals surface area contributed by atoms with Crippen molar-refractivity contribution in [3.63, 3.8) is 0 Å². The van der Waals surface area contributed by atoms with Crippen LogP contribution in [0.3, 0.4) is 0 Å². The van der Waals surface area contributed by atoms with Gasteiger partial charge in [0.2, 0.25) is 0 Å². The standard InChI is InChI=1S/C13H23N/c1-10(2)9(11(10,3)4)12(5-6-12)13(14)7-8-13/h9H,5-8,14H2,1-4H3. The van der Waals surface area contributed by atoms with Gasteiger partial charge in [0.05, 0.1) is 0 Å². The first kappa shape index (κ1) is 9.21. The van der Waals surface area contributed by atoms with Crippen molar-refractivity contribution in [1.29, 1.82) is 0 Å². The molecule has 0 atom stereocenters. The third kappa shape index (κ3) is 0.743. The normalized spacial score (nSPS) is 39.2. The highest BCUT2D eigenvalue weighted by Crippen LogP contribution is 2.84. The van der Waals surface area contributed by atoms with Gasteiger partial charge < -0.3 is 5.73 Å². The van der Waals surface area contributed by atoms with E-state index >= 15 is 0 Å². The predicted molar refractivity (Wildman–Crippen MR) is 58.9 cm³/mol. The molecular weight excluding hydrogens is 170 g/mol. The van der Waals surface area contributed by atoms with Crippen molar-refractivity contribution in [1.82, 2.24) is 0 Å². The Morgan fingerprint density at radius 2 is 1.29 bits per heavy atom. The molecule has 0 saturated heterocycles. The minimum atomic E-state index is 0.253. The van der Waals surface area contributed by atoms with E-state index in [1.807, 2.05) is 0 Å². The fourth-order valence-corrected chi connectivity index (χ4v) is 4.42. The monoisotopic (exact) mass is 193 g/mol. The highest BCUT2D eigenvalue weighted by molar-refractivity contribution is 5.31. The summed E-state index contributed by atoms with van der Waals surface area (Å²) in [4.78, 5) is 0. The van der Waals surface area contributed by atoms with Gasteiger partial charge >= 0.3 is 0 Å². The molecule has 0 radical (unpaired) electrons. The number of rotatable bonds is 2. The molecule has 0 spiro atoms. The lowest BCUT2D eigenvalue weighted by Gasteiger charge is -2.25. The van der Waals surface area contributed by atoms with Crippen molar-refractivity contribution >= 4 is 0 Å². The fourth-order valence-electron chi connectivity index (χ4n) is 4.42. The average Bonchev–Trinajstić information content (AvgIpc) is 2.87. The molecule has 14 heavy (non-hydrogen) atoms. The Balaban J connectivity index is 1.92. The highest BCUT2D eigenvalue weighted by Gasteiger charge is 2.80. The summed E-state index contributed by atoms with van der Waals surface area (Å²) in [6.45, 7) is 9.74. The second-order valence-corrected chi connectivity index (χ2v) is 7.19. The summed E-state index contributed by atoms with van der Waals surface area (Å²) in [5, 5.41) is 0. The molecule has 0 aliphatic heterocycles. The van der Waals surface area contributed by atoms with Gasteiger partial charge in [-0.3, -0.25) is 0 Å². The largest absolute Gasteiger partial charge is 0.325 e. The molecule has 3 fully saturated rings. The van der Waals surface area contributed by atoms with Crippen molar-refractivity contribution in [2.24, 2.45) is 27.9 Å². The van der Waals surface area contributed by atoms with Crippen LogP contribution in [-0.4, -0.2) is 5.54 Å². The van der Waals surface area contributed by atoms with Crippen molar-refractivity contribution in [3.05, 3.63) is 0 Å². The van der Waals surface area contributed by atoms with E-state index in [1.54, 1.807) is 0 Å². The molecule has 80 valence electrons. The lowest BCUT2D eigenvalue weighted by Crippen LogP contribution is -2.37. The Hall–Kier alpha value is -0.0400. The van der Waals surface area contributed by atoms with E-state index in [9.17, 15) is 0 Å². The molecule has 0 amide bonds. The SMILES string of the molecule is CC1(C)C(C2(C3(N)CC3)CC2)C1(C)C. The second-order valence-electron chi connectivity index (χ2n) is 7.19. The predicted octanol–water partition coefficient (Wildman–Crippen LogP) is 2.94. The van der Waals surface area contributed by atoms with E-state index in [4.69, 9.17) is 5.73 Å². The lowest BCUT2D eigenvalue weighted by molar-refractivity contribution is 0.277. The Kier molecular flexibility index (Phi) is 1.27. The topological polar surface area (TPSA) is 26.0 Å². The van der Waals surface area contributed by atoms with Crippen molar-refractivity contribution in [2.45, 2.75) is 58.9 Å². The third-order valence-corrected chi connectivity index (χ3v) is 6.14. The minimum Gasteiger partial charge on any atom is -0.325 e. The van der Waals surface area contributed by atoms with Gasteiger partial charge in [0.15, 0.2) is 0 Å². The Bertz CT molecular complexity index is 278. The molecule has 1 nitrogen and oxygen atoms in total. The van der Waals surface area contributed by atoms with Crippen LogP contribution in [0.15, 0.2) is 0 Å². The second kappa shape index (κ2) is 1.93. The van der Waals surface area contributed by atoms with Crippen LogP contribution in [-0.2, 0) is 0 Å². The van der Waals surface area contributed by atoms with Crippen molar-refractivity contribution in [2.75, 3.05) is 0 Å².